The fraction of sp³-hybridized carbons (Fsp3) is 0. The van der Waals surface area contributed by atoms with Gasteiger partial charge in [-0.1, -0.05) is 6.07 Å². The third-order valence-corrected chi connectivity index (χ3v) is 3.15. The van der Waals surface area contributed by atoms with E-state index >= 15 is 0 Å². The summed E-state index contributed by atoms with van der Waals surface area (Å²) >= 11 is 0. The van der Waals surface area contributed by atoms with Crippen LogP contribution in [0.25, 0.3) is 10.9 Å². The SMILES string of the molecule is Nc1ccc2[nH]cc(C(=O)Nc3cccc(F)c3F)c2c1. The summed E-state index contributed by atoms with van der Waals surface area (Å²) < 4.78 is 26.7. The normalized spacial score (nSPS) is 10.8. The fourth-order valence-corrected chi connectivity index (χ4v) is 2.12. The van der Waals surface area contributed by atoms with Crippen LogP contribution >= 0.6 is 0 Å². The van der Waals surface area contributed by atoms with Crippen LogP contribution in [-0.4, -0.2) is 10.9 Å². The van der Waals surface area contributed by atoms with Gasteiger partial charge >= 0.3 is 0 Å². The Balaban J connectivity index is 1.97. The lowest BCUT2D eigenvalue weighted by molar-refractivity contribution is 0.102. The number of H-pyrrole nitrogens is 1. The van der Waals surface area contributed by atoms with Gasteiger partial charge in [-0.15, -0.1) is 0 Å². The van der Waals surface area contributed by atoms with Crippen LogP contribution in [0, 0.1) is 11.6 Å². The summed E-state index contributed by atoms with van der Waals surface area (Å²) in [6, 6.07) is 8.68. The molecule has 0 aliphatic rings. The van der Waals surface area contributed by atoms with Crippen LogP contribution in [0.4, 0.5) is 20.2 Å². The minimum atomic E-state index is -1.09. The molecule has 6 heteroatoms. The standard InChI is InChI=1S/C15H11F2N3O/c16-11-2-1-3-13(14(11)17)20-15(21)10-7-19-12-5-4-8(18)6-9(10)12/h1-7,19H,18H2,(H,20,21). The number of benzene rings is 2. The van der Waals surface area contributed by atoms with Gasteiger partial charge in [0.15, 0.2) is 11.6 Å². The second-order valence-corrected chi connectivity index (χ2v) is 4.56. The van der Waals surface area contributed by atoms with Gasteiger partial charge in [-0.25, -0.2) is 8.78 Å². The van der Waals surface area contributed by atoms with E-state index in [-0.39, 0.29) is 5.69 Å². The number of nitrogens with one attached hydrogen (secondary N) is 2. The quantitative estimate of drug-likeness (QED) is 0.633. The van der Waals surface area contributed by atoms with Crippen molar-refractivity contribution in [3.8, 4) is 0 Å². The molecule has 21 heavy (non-hydrogen) atoms. The summed E-state index contributed by atoms with van der Waals surface area (Å²) in [6.07, 6.45) is 1.50. The number of aromatic amines is 1. The molecule has 106 valence electrons. The van der Waals surface area contributed by atoms with E-state index in [0.29, 0.717) is 16.6 Å². The van der Waals surface area contributed by atoms with Gasteiger partial charge < -0.3 is 16.0 Å². The average Bonchev–Trinajstić information content (AvgIpc) is 2.87. The van der Waals surface area contributed by atoms with Crippen molar-refractivity contribution < 1.29 is 13.6 Å². The third kappa shape index (κ3) is 2.31. The van der Waals surface area contributed by atoms with Crippen molar-refractivity contribution in [2.75, 3.05) is 11.1 Å². The number of anilines is 2. The number of hydrogen-bond donors (Lipinski definition) is 3. The van der Waals surface area contributed by atoms with Gasteiger partial charge in [0, 0.05) is 22.8 Å². The Labute approximate surface area is 118 Å². The maximum absolute atomic E-state index is 13.6. The highest BCUT2D eigenvalue weighted by Gasteiger charge is 2.15. The first-order valence-electron chi connectivity index (χ1n) is 6.18. The molecule has 3 rings (SSSR count). The number of aromatic nitrogens is 1. The van der Waals surface area contributed by atoms with E-state index in [9.17, 15) is 13.6 Å². The highest BCUT2D eigenvalue weighted by molar-refractivity contribution is 6.13. The predicted octanol–water partition coefficient (Wildman–Crippen LogP) is 3.28. The number of fused-ring (bicyclic) bond motifs is 1. The predicted molar refractivity (Wildman–Crippen MR) is 77.0 cm³/mol. The van der Waals surface area contributed by atoms with Crippen LogP contribution < -0.4 is 11.1 Å². The Hall–Kier alpha value is -2.89. The maximum Gasteiger partial charge on any atom is 0.257 e. The topological polar surface area (TPSA) is 70.9 Å². The molecule has 0 saturated carbocycles. The van der Waals surface area contributed by atoms with Crippen LogP contribution in [0.1, 0.15) is 10.4 Å². The Bertz CT molecular complexity index is 842. The zero-order valence-electron chi connectivity index (χ0n) is 10.8. The summed E-state index contributed by atoms with van der Waals surface area (Å²) in [4.78, 5) is 15.1. The lowest BCUT2D eigenvalue weighted by Gasteiger charge is -2.06. The molecule has 4 N–H and O–H groups in total. The minimum Gasteiger partial charge on any atom is -0.399 e. The lowest BCUT2D eigenvalue weighted by Crippen LogP contribution is -2.13. The summed E-state index contributed by atoms with van der Waals surface area (Å²) in [5, 5.41) is 2.97. The first-order chi connectivity index (χ1) is 10.1. The lowest BCUT2D eigenvalue weighted by atomic mass is 10.1. The largest absolute Gasteiger partial charge is 0.399 e. The fourth-order valence-electron chi connectivity index (χ4n) is 2.12. The molecule has 2 aromatic carbocycles. The smallest absolute Gasteiger partial charge is 0.257 e. The van der Waals surface area contributed by atoms with Crippen molar-refractivity contribution in [1.82, 2.24) is 4.98 Å². The number of hydrogen-bond acceptors (Lipinski definition) is 2. The number of rotatable bonds is 2. The van der Waals surface area contributed by atoms with Crippen molar-refractivity contribution in [3.05, 3.63) is 59.8 Å². The van der Waals surface area contributed by atoms with Crippen molar-refractivity contribution in [3.63, 3.8) is 0 Å². The monoisotopic (exact) mass is 287 g/mol. The molecule has 0 radical (unpaired) electrons. The van der Waals surface area contributed by atoms with Crippen molar-refractivity contribution in [2.45, 2.75) is 0 Å². The second kappa shape index (κ2) is 4.90. The van der Waals surface area contributed by atoms with Gasteiger partial charge in [0.05, 0.1) is 11.3 Å². The third-order valence-electron chi connectivity index (χ3n) is 3.15. The molecular formula is C15H11F2N3O. The van der Waals surface area contributed by atoms with E-state index in [1.54, 1.807) is 18.2 Å². The number of nitrogen functional groups attached to an aromatic ring is 1. The molecule has 4 nitrogen and oxygen atoms in total. The Morgan fingerprint density at radius 2 is 2.00 bits per heavy atom. The molecule has 0 bridgehead atoms. The Morgan fingerprint density at radius 1 is 1.19 bits per heavy atom. The van der Waals surface area contributed by atoms with Gasteiger partial charge in [0.25, 0.3) is 5.91 Å². The zero-order chi connectivity index (χ0) is 15.0. The average molecular weight is 287 g/mol. The molecule has 0 aliphatic heterocycles. The Kier molecular flexibility index (Phi) is 3.06. The molecule has 0 atom stereocenters. The highest BCUT2D eigenvalue weighted by atomic mass is 19.2. The summed E-state index contributed by atoms with van der Waals surface area (Å²) in [6.45, 7) is 0. The maximum atomic E-state index is 13.6. The van der Waals surface area contributed by atoms with Crippen molar-refractivity contribution >= 4 is 28.2 Å². The van der Waals surface area contributed by atoms with Crippen LogP contribution in [0.5, 0.6) is 0 Å². The van der Waals surface area contributed by atoms with Gasteiger partial charge in [-0.05, 0) is 30.3 Å². The van der Waals surface area contributed by atoms with E-state index in [0.717, 1.165) is 11.6 Å². The van der Waals surface area contributed by atoms with Crippen molar-refractivity contribution in [2.24, 2.45) is 0 Å². The van der Waals surface area contributed by atoms with E-state index in [4.69, 9.17) is 5.73 Å². The molecule has 0 aliphatic carbocycles. The molecule has 1 heterocycles. The molecule has 3 aromatic rings. The molecule has 0 saturated heterocycles. The summed E-state index contributed by atoms with van der Waals surface area (Å²) in [7, 11) is 0. The molecular weight excluding hydrogens is 276 g/mol. The highest BCUT2D eigenvalue weighted by Crippen LogP contribution is 2.23. The Morgan fingerprint density at radius 3 is 2.81 bits per heavy atom. The summed E-state index contributed by atoms with van der Waals surface area (Å²) in [5.74, 6) is -2.66. The second-order valence-electron chi connectivity index (χ2n) is 4.56. The van der Waals surface area contributed by atoms with Crippen LogP contribution in [-0.2, 0) is 0 Å². The van der Waals surface area contributed by atoms with Crippen LogP contribution in [0.15, 0.2) is 42.6 Å². The minimum absolute atomic E-state index is 0.210. The van der Waals surface area contributed by atoms with E-state index in [1.165, 1.54) is 18.3 Å². The van der Waals surface area contributed by atoms with Gasteiger partial charge in [0.1, 0.15) is 0 Å². The molecule has 0 unspecified atom stereocenters. The van der Waals surface area contributed by atoms with Gasteiger partial charge in [0.2, 0.25) is 0 Å². The number of carbonyl (C=O) groups excluding carboxylic acids is 1. The first kappa shape index (κ1) is 13.1. The summed E-state index contributed by atoms with van der Waals surface area (Å²) in [5.41, 5.74) is 7.03. The number of halogens is 2. The van der Waals surface area contributed by atoms with Crippen LogP contribution in [0.3, 0.4) is 0 Å². The number of nitrogens with two attached hydrogens (primary N) is 1. The van der Waals surface area contributed by atoms with Gasteiger partial charge in [-0.2, -0.15) is 0 Å². The van der Waals surface area contributed by atoms with E-state index in [2.05, 4.69) is 10.3 Å². The van der Waals surface area contributed by atoms with E-state index in [1.807, 2.05) is 0 Å². The number of amides is 1. The molecule has 1 aromatic heterocycles. The zero-order valence-corrected chi connectivity index (χ0v) is 10.8. The molecule has 0 fully saturated rings. The van der Waals surface area contributed by atoms with Crippen LogP contribution in [0.2, 0.25) is 0 Å². The van der Waals surface area contributed by atoms with Crippen molar-refractivity contribution in [1.29, 1.82) is 0 Å². The first-order valence-corrected chi connectivity index (χ1v) is 6.18. The van der Waals surface area contributed by atoms with E-state index < -0.39 is 17.5 Å². The molecule has 1 amide bonds. The number of carbonyl (C=O) groups is 1. The molecule has 0 spiro atoms. The van der Waals surface area contributed by atoms with Gasteiger partial charge in [-0.3, -0.25) is 4.79 Å².